The van der Waals surface area contributed by atoms with E-state index in [0.29, 0.717) is 32.5 Å². The lowest BCUT2D eigenvalue weighted by Gasteiger charge is -2.10. The molecule has 0 aliphatic rings. The van der Waals surface area contributed by atoms with E-state index < -0.39 is 6.03 Å². The number of carbonyl (C=O) groups excluding carboxylic acids is 2. The Bertz CT molecular complexity index is 942. The van der Waals surface area contributed by atoms with Crippen molar-refractivity contribution in [3.05, 3.63) is 94.0 Å². The molecule has 3 rings (SSSR count). The van der Waals surface area contributed by atoms with E-state index in [1.807, 2.05) is 18.2 Å². The molecule has 2 N–H and O–H groups in total. The fraction of sp³-hybridized carbons (Fsp3) is 0. The van der Waals surface area contributed by atoms with Crippen LogP contribution in [0.25, 0.3) is 0 Å². The molecule has 3 aromatic rings. The Hall–Kier alpha value is -2.82. The lowest BCUT2D eigenvalue weighted by molar-refractivity contribution is 0.103. The number of hydrogen-bond donors (Lipinski definition) is 2. The molecule has 0 aliphatic heterocycles. The fourth-order valence-electron chi connectivity index (χ4n) is 2.34. The van der Waals surface area contributed by atoms with Crippen LogP contribution in [0.1, 0.15) is 15.9 Å². The Morgan fingerprint density at radius 1 is 0.731 bits per heavy atom. The van der Waals surface area contributed by atoms with Gasteiger partial charge >= 0.3 is 6.03 Å². The van der Waals surface area contributed by atoms with Crippen molar-refractivity contribution in [2.45, 2.75) is 0 Å². The Labute approximate surface area is 160 Å². The number of halogens is 2. The highest BCUT2D eigenvalue weighted by molar-refractivity contribution is 6.35. The minimum atomic E-state index is -0.462. The zero-order valence-corrected chi connectivity index (χ0v) is 15.0. The summed E-state index contributed by atoms with van der Waals surface area (Å²) >= 11 is 11.9. The smallest absolute Gasteiger partial charge is 0.308 e. The standard InChI is InChI=1S/C20H14Cl2N2O2/c21-15-8-11-17(22)18(12-15)24-20(26)23-16-9-6-14(7-10-16)19(25)13-4-2-1-3-5-13/h1-12H,(H2,23,24,26). The summed E-state index contributed by atoms with van der Waals surface area (Å²) in [6.45, 7) is 0. The molecular weight excluding hydrogens is 371 g/mol. The molecule has 0 unspecified atom stereocenters. The molecule has 0 radical (unpaired) electrons. The number of nitrogens with one attached hydrogen (secondary N) is 2. The predicted octanol–water partition coefficient (Wildman–Crippen LogP) is 5.87. The largest absolute Gasteiger partial charge is 0.323 e. The second-order valence-electron chi connectivity index (χ2n) is 5.48. The summed E-state index contributed by atoms with van der Waals surface area (Å²) in [6, 6.07) is 20.0. The number of rotatable bonds is 4. The third kappa shape index (κ3) is 4.42. The van der Waals surface area contributed by atoms with Crippen LogP contribution in [0.15, 0.2) is 72.8 Å². The van der Waals surface area contributed by atoms with E-state index in [4.69, 9.17) is 23.2 Å². The maximum absolute atomic E-state index is 12.4. The van der Waals surface area contributed by atoms with E-state index in [0.717, 1.165) is 0 Å². The van der Waals surface area contributed by atoms with E-state index >= 15 is 0 Å². The number of amides is 2. The Morgan fingerprint density at radius 2 is 1.38 bits per heavy atom. The SMILES string of the molecule is O=C(Nc1ccc(C(=O)c2ccccc2)cc1)Nc1cc(Cl)ccc1Cl. The molecule has 0 atom stereocenters. The monoisotopic (exact) mass is 384 g/mol. The molecular formula is C20H14Cl2N2O2. The molecule has 0 saturated carbocycles. The van der Waals surface area contributed by atoms with Crippen LogP contribution in [0.3, 0.4) is 0 Å². The minimum absolute atomic E-state index is 0.0766. The van der Waals surface area contributed by atoms with E-state index in [-0.39, 0.29) is 5.78 Å². The quantitative estimate of drug-likeness (QED) is 0.552. The van der Waals surface area contributed by atoms with Crippen LogP contribution in [0.2, 0.25) is 10.0 Å². The molecule has 130 valence electrons. The Balaban J connectivity index is 1.66. The predicted molar refractivity (Wildman–Crippen MR) is 105 cm³/mol. The number of urea groups is 1. The van der Waals surface area contributed by atoms with Crippen LogP contribution in [0.4, 0.5) is 16.2 Å². The van der Waals surface area contributed by atoms with Gasteiger partial charge in [-0.05, 0) is 42.5 Å². The van der Waals surface area contributed by atoms with Crippen molar-refractivity contribution in [1.29, 1.82) is 0 Å². The van der Waals surface area contributed by atoms with Crippen molar-refractivity contribution < 1.29 is 9.59 Å². The van der Waals surface area contributed by atoms with E-state index in [1.54, 1.807) is 54.6 Å². The first-order chi connectivity index (χ1) is 12.5. The fourth-order valence-corrected chi connectivity index (χ4v) is 2.68. The topological polar surface area (TPSA) is 58.2 Å². The summed E-state index contributed by atoms with van der Waals surface area (Å²) in [7, 11) is 0. The van der Waals surface area contributed by atoms with Gasteiger partial charge < -0.3 is 10.6 Å². The normalized spacial score (nSPS) is 10.2. The van der Waals surface area contributed by atoms with Crippen LogP contribution in [-0.2, 0) is 0 Å². The summed E-state index contributed by atoms with van der Waals surface area (Å²) < 4.78 is 0. The zero-order chi connectivity index (χ0) is 18.5. The van der Waals surface area contributed by atoms with Crippen molar-refractivity contribution in [2.75, 3.05) is 10.6 Å². The first-order valence-corrected chi connectivity index (χ1v) is 8.51. The van der Waals surface area contributed by atoms with Gasteiger partial charge in [0.2, 0.25) is 0 Å². The average molecular weight is 385 g/mol. The van der Waals surface area contributed by atoms with Crippen LogP contribution >= 0.6 is 23.2 Å². The van der Waals surface area contributed by atoms with Gasteiger partial charge in [-0.2, -0.15) is 0 Å². The van der Waals surface area contributed by atoms with Crippen molar-refractivity contribution in [2.24, 2.45) is 0 Å². The van der Waals surface area contributed by atoms with Gasteiger partial charge in [0, 0.05) is 21.8 Å². The number of carbonyl (C=O) groups is 2. The zero-order valence-electron chi connectivity index (χ0n) is 13.5. The van der Waals surface area contributed by atoms with Gasteiger partial charge in [-0.15, -0.1) is 0 Å². The second kappa shape index (κ2) is 8.04. The molecule has 0 saturated heterocycles. The van der Waals surface area contributed by atoms with Gasteiger partial charge in [0.05, 0.1) is 10.7 Å². The Kier molecular flexibility index (Phi) is 5.56. The maximum atomic E-state index is 12.4. The van der Waals surface area contributed by atoms with Gasteiger partial charge in [0.25, 0.3) is 0 Å². The van der Waals surface area contributed by atoms with Crippen molar-refractivity contribution in [1.82, 2.24) is 0 Å². The van der Waals surface area contributed by atoms with Gasteiger partial charge in [-0.25, -0.2) is 4.79 Å². The molecule has 0 heterocycles. The lowest BCUT2D eigenvalue weighted by Crippen LogP contribution is -2.19. The van der Waals surface area contributed by atoms with E-state index in [9.17, 15) is 9.59 Å². The first-order valence-electron chi connectivity index (χ1n) is 7.76. The lowest BCUT2D eigenvalue weighted by atomic mass is 10.0. The van der Waals surface area contributed by atoms with Gasteiger partial charge in [0.15, 0.2) is 5.78 Å². The molecule has 4 nitrogen and oxygen atoms in total. The third-order valence-electron chi connectivity index (χ3n) is 3.62. The second-order valence-corrected chi connectivity index (χ2v) is 6.32. The number of hydrogen-bond acceptors (Lipinski definition) is 2. The number of ketones is 1. The molecule has 0 spiro atoms. The van der Waals surface area contributed by atoms with Crippen LogP contribution in [-0.4, -0.2) is 11.8 Å². The van der Waals surface area contributed by atoms with Crippen molar-refractivity contribution in [3.8, 4) is 0 Å². The number of anilines is 2. The molecule has 0 fully saturated rings. The molecule has 0 aromatic heterocycles. The van der Waals surface area contributed by atoms with Crippen molar-refractivity contribution in [3.63, 3.8) is 0 Å². The first kappa shape index (κ1) is 18.0. The summed E-state index contributed by atoms with van der Waals surface area (Å²) in [4.78, 5) is 24.5. The highest BCUT2D eigenvalue weighted by Gasteiger charge is 2.10. The molecule has 26 heavy (non-hydrogen) atoms. The van der Waals surface area contributed by atoms with E-state index in [1.165, 1.54) is 0 Å². The third-order valence-corrected chi connectivity index (χ3v) is 4.18. The summed E-state index contributed by atoms with van der Waals surface area (Å²) in [6.07, 6.45) is 0. The molecule has 0 bridgehead atoms. The number of benzene rings is 3. The van der Waals surface area contributed by atoms with E-state index in [2.05, 4.69) is 10.6 Å². The highest BCUT2D eigenvalue weighted by Crippen LogP contribution is 2.25. The summed E-state index contributed by atoms with van der Waals surface area (Å²) in [5.74, 6) is -0.0766. The van der Waals surface area contributed by atoms with Crippen LogP contribution in [0, 0.1) is 0 Å². The minimum Gasteiger partial charge on any atom is -0.308 e. The molecule has 0 aliphatic carbocycles. The van der Waals surface area contributed by atoms with Crippen molar-refractivity contribution >= 4 is 46.4 Å². The maximum Gasteiger partial charge on any atom is 0.323 e. The summed E-state index contributed by atoms with van der Waals surface area (Å²) in [5, 5.41) is 6.16. The Morgan fingerprint density at radius 3 is 2.08 bits per heavy atom. The molecule has 6 heteroatoms. The molecule has 3 aromatic carbocycles. The molecule has 2 amide bonds. The van der Waals surface area contributed by atoms with Gasteiger partial charge in [-0.3, -0.25) is 4.79 Å². The average Bonchev–Trinajstić information content (AvgIpc) is 2.65. The van der Waals surface area contributed by atoms with Gasteiger partial charge in [-0.1, -0.05) is 53.5 Å². The summed E-state index contributed by atoms with van der Waals surface area (Å²) in [5.41, 5.74) is 2.11. The highest BCUT2D eigenvalue weighted by atomic mass is 35.5. The van der Waals surface area contributed by atoms with Gasteiger partial charge in [0.1, 0.15) is 0 Å². The van der Waals surface area contributed by atoms with Crippen LogP contribution < -0.4 is 10.6 Å². The van der Waals surface area contributed by atoms with Crippen LogP contribution in [0.5, 0.6) is 0 Å².